The van der Waals surface area contributed by atoms with Crippen LogP contribution >= 0.6 is 27.5 Å². The second-order valence-corrected chi connectivity index (χ2v) is 4.99. The van der Waals surface area contributed by atoms with E-state index >= 15 is 0 Å². The van der Waals surface area contributed by atoms with Gasteiger partial charge in [-0.1, -0.05) is 33.6 Å². The van der Waals surface area contributed by atoms with Crippen LogP contribution in [0.15, 0.2) is 40.9 Å². The van der Waals surface area contributed by atoms with Crippen LogP contribution in [0.4, 0.5) is 10.1 Å². The van der Waals surface area contributed by atoms with Gasteiger partial charge in [0.1, 0.15) is 18.2 Å². The van der Waals surface area contributed by atoms with Gasteiger partial charge in [-0.2, -0.15) is 0 Å². The quantitative estimate of drug-likeness (QED) is 0.846. The lowest BCUT2D eigenvalue weighted by atomic mass is 10.2. The molecule has 2 nitrogen and oxygen atoms in total. The summed E-state index contributed by atoms with van der Waals surface area (Å²) in [4.78, 5) is 0. The number of benzene rings is 2. The molecule has 94 valence electrons. The van der Waals surface area contributed by atoms with E-state index in [0.717, 1.165) is 4.47 Å². The summed E-state index contributed by atoms with van der Waals surface area (Å²) >= 11 is 9.29. The largest absolute Gasteiger partial charge is 0.487 e. The Balaban J connectivity index is 2.16. The van der Waals surface area contributed by atoms with E-state index in [2.05, 4.69) is 15.9 Å². The van der Waals surface area contributed by atoms with Gasteiger partial charge < -0.3 is 10.5 Å². The smallest absolute Gasteiger partial charge is 0.138 e. The highest BCUT2D eigenvalue weighted by Crippen LogP contribution is 2.29. The van der Waals surface area contributed by atoms with E-state index in [-0.39, 0.29) is 12.4 Å². The third-order valence-corrected chi connectivity index (χ3v) is 3.21. The molecule has 2 aromatic carbocycles. The molecule has 5 heteroatoms. The normalized spacial score (nSPS) is 10.4. The van der Waals surface area contributed by atoms with Gasteiger partial charge in [-0.3, -0.25) is 0 Å². The lowest BCUT2D eigenvalue weighted by molar-refractivity contribution is 0.301. The topological polar surface area (TPSA) is 35.2 Å². The lowest BCUT2D eigenvalue weighted by Crippen LogP contribution is -2.03. The molecule has 0 spiro atoms. The summed E-state index contributed by atoms with van der Waals surface area (Å²) in [5.41, 5.74) is 6.38. The van der Waals surface area contributed by atoms with Crippen molar-refractivity contribution in [1.82, 2.24) is 0 Å². The Labute approximate surface area is 118 Å². The lowest BCUT2D eigenvalue weighted by Gasteiger charge is -2.10. The maximum Gasteiger partial charge on any atom is 0.138 e. The molecular weight excluding hydrogens is 321 g/mol. The molecule has 0 amide bonds. The fourth-order valence-corrected chi connectivity index (χ4v) is 2.20. The number of anilines is 1. The highest BCUT2D eigenvalue weighted by Gasteiger charge is 2.08. The maximum atomic E-state index is 13.5. The number of hydrogen-bond acceptors (Lipinski definition) is 2. The van der Waals surface area contributed by atoms with Gasteiger partial charge in [0.2, 0.25) is 0 Å². The van der Waals surface area contributed by atoms with E-state index < -0.39 is 0 Å². The van der Waals surface area contributed by atoms with Crippen LogP contribution in [0.3, 0.4) is 0 Å². The Morgan fingerprint density at radius 2 is 2.06 bits per heavy atom. The van der Waals surface area contributed by atoms with Crippen LogP contribution in [0.25, 0.3) is 0 Å². The Hall–Kier alpha value is -1.26. The molecule has 0 radical (unpaired) electrons. The van der Waals surface area contributed by atoms with Gasteiger partial charge in [-0.15, -0.1) is 0 Å². The molecule has 0 heterocycles. The molecule has 0 aliphatic heterocycles. The highest BCUT2D eigenvalue weighted by atomic mass is 79.9. The molecule has 0 saturated carbocycles. The van der Waals surface area contributed by atoms with Gasteiger partial charge in [0.05, 0.1) is 5.02 Å². The van der Waals surface area contributed by atoms with Crippen molar-refractivity contribution < 1.29 is 9.13 Å². The SMILES string of the molecule is Nc1cccc(F)c1COc1ccc(Br)cc1Cl. The molecule has 0 unspecified atom stereocenters. The molecule has 0 atom stereocenters. The molecule has 0 aliphatic rings. The summed E-state index contributed by atoms with van der Waals surface area (Å²) in [5, 5.41) is 0.458. The van der Waals surface area contributed by atoms with E-state index in [1.54, 1.807) is 30.3 Å². The molecule has 2 N–H and O–H groups in total. The van der Waals surface area contributed by atoms with Crippen molar-refractivity contribution in [1.29, 1.82) is 0 Å². The number of hydrogen-bond donors (Lipinski definition) is 1. The third-order valence-electron chi connectivity index (χ3n) is 2.42. The van der Waals surface area contributed by atoms with Crippen molar-refractivity contribution in [3.05, 3.63) is 57.3 Å². The monoisotopic (exact) mass is 329 g/mol. The number of rotatable bonds is 3. The Kier molecular flexibility index (Phi) is 4.09. The predicted molar refractivity (Wildman–Crippen MR) is 74.3 cm³/mol. The molecule has 18 heavy (non-hydrogen) atoms. The first-order valence-corrected chi connectivity index (χ1v) is 6.35. The molecule has 0 aliphatic carbocycles. The average Bonchev–Trinajstić information content (AvgIpc) is 2.31. The molecule has 2 rings (SSSR count). The fraction of sp³-hybridized carbons (Fsp3) is 0.0769. The minimum absolute atomic E-state index is 0.0415. The van der Waals surface area contributed by atoms with Gasteiger partial charge in [0.15, 0.2) is 0 Å². The first-order valence-electron chi connectivity index (χ1n) is 5.18. The second kappa shape index (κ2) is 5.59. The molecule has 2 aromatic rings. The number of nitrogens with two attached hydrogens (primary N) is 1. The zero-order valence-electron chi connectivity index (χ0n) is 9.29. The van der Waals surface area contributed by atoms with Crippen molar-refractivity contribution >= 4 is 33.2 Å². The van der Waals surface area contributed by atoms with Crippen LogP contribution in [0, 0.1) is 5.82 Å². The minimum atomic E-state index is -0.386. The van der Waals surface area contributed by atoms with Crippen molar-refractivity contribution in [3.8, 4) is 5.75 Å². The van der Waals surface area contributed by atoms with Gasteiger partial charge in [-0.05, 0) is 30.3 Å². The van der Waals surface area contributed by atoms with E-state index in [9.17, 15) is 4.39 Å². The summed E-state index contributed by atoms with van der Waals surface area (Å²) in [7, 11) is 0. The van der Waals surface area contributed by atoms with Gasteiger partial charge in [-0.25, -0.2) is 4.39 Å². The van der Waals surface area contributed by atoms with Crippen molar-refractivity contribution in [3.63, 3.8) is 0 Å². The summed E-state index contributed by atoms with van der Waals surface area (Å²) in [5.74, 6) is 0.103. The Morgan fingerprint density at radius 3 is 2.72 bits per heavy atom. The molecular formula is C13H10BrClFNO. The number of halogens is 3. The Morgan fingerprint density at radius 1 is 1.28 bits per heavy atom. The maximum absolute atomic E-state index is 13.5. The average molecular weight is 331 g/mol. The number of ether oxygens (including phenoxy) is 1. The molecule has 0 bridgehead atoms. The van der Waals surface area contributed by atoms with Crippen molar-refractivity contribution in [2.75, 3.05) is 5.73 Å². The van der Waals surface area contributed by atoms with Gasteiger partial charge >= 0.3 is 0 Å². The van der Waals surface area contributed by atoms with Crippen LogP contribution < -0.4 is 10.5 Å². The van der Waals surface area contributed by atoms with Crippen LogP contribution in [0.1, 0.15) is 5.56 Å². The van der Waals surface area contributed by atoms with Crippen molar-refractivity contribution in [2.45, 2.75) is 6.61 Å². The van der Waals surface area contributed by atoms with E-state index in [4.69, 9.17) is 22.1 Å². The predicted octanol–water partition coefficient (Wildman–Crippen LogP) is 4.40. The van der Waals surface area contributed by atoms with Crippen LogP contribution in [0.5, 0.6) is 5.75 Å². The summed E-state index contributed by atoms with van der Waals surface area (Å²) < 4.78 is 19.8. The standard InChI is InChI=1S/C13H10BrClFNO/c14-8-4-5-13(10(15)6-8)18-7-9-11(16)2-1-3-12(9)17/h1-6H,7,17H2. The number of nitrogen functional groups attached to an aromatic ring is 1. The third kappa shape index (κ3) is 2.94. The van der Waals surface area contributed by atoms with Crippen LogP contribution in [-0.4, -0.2) is 0 Å². The van der Waals surface area contributed by atoms with Crippen LogP contribution in [0.2, 0.25) is 5.02 Å². The Bertz CT molecular complexity index is 557. The first-order chi connectivity index (χ1) is 8.58. The molecule has 0 fully saturated rings. The molecule has 0 saturated heterocycles. The molecule has 0 aromatic heterocycles. The summed E-state index contributed by atoms with van der Waals surface area (Å²) in [6.45, 7) is 0.0415. The fourth-order valence-electron chi connectivity index (χ4n) is 1.47. The highest BCUT2D eigenvalue weighted by molar-refractivity contribution is 9.10. The zero-order chi connectivity index (χ0) is 13.1. The zero-order valence-corrected chi connectivity index (χ0v) is 11.6. The van der Waals surface area contributed by atoms with Gasteiger partial charge in [0, 0.05) is 15.7 Å². The minimum Gasteiger partial charge on any atom is -0.487 e. The second-order valence-electron chi connectivity index (χ2n) is 3.67. The van der Waals surface area contributed by atoms with E-state index in [0.29, 0.717) is 22.0 Å². The summed E-state index contributed by atoms with van der Waals surface area (Å²) in [6, 6.07) is 9.75. The van der Waals surface area contributed by atoms with E-state index in [1.807, 2.05) is 0 Å². The van der Waals surface area contributed by atoms with Gasteiger partial charge in [0.25, 0.3) is 0 Å². The first kappa shape index (κ1) is 13.2. The van der Waals surface area contributed by atoms with Crippen LogP contribution in [-0.2, 0) is 6.61 Å². The van der Waals surface area contributed by atoms with Crippen molar-refractivity contribution in [2.24, 2.45) is 0 Å². The van der Waals surface area contributed by atoms with E-state index in [1.165, 1.54) is 6.07 Å². The summed E-state index contributed by atoms with van der Waals surface area (Å²) in [6.07, 6.45) is 0.